The molecule has 2 fully saturated rings. The van der Waals surface area contributed by atoms with Crippen LogP contribution in [0.25, 0.3) is 0 Å². The molecule has 0 unspecified atom stereocenters. The summed E-state index contributed by atoms with van der Waals surface area (Å²) in [5.41, 5.74) is 0. The van der Waals surface area contributed by atoms with Crippen molar-refractivity contribution >= 4 is 23.8 Å². The van der Waals surface area contributed by atoms with E-state index in [-0.39, 0.29) is 17.7 Å². The molecule has 0 bridgehead atoms. The zero-order chi connectivity index (χ0) is 14.4. The molecule has 1 saturated carbocycles. The molecule has 0 aromatic heterocycles. The molecule has 1 amide bonds. The first kappa shape index (κ1) is 13.1. The number of fused-ring (bicyclic) bond motifs is 1. The van der Waals surface area contributed by atoms with E-state index in [1.807, 2.05) is 5.01 Å². The maximum absolute atomic E-state index is 12.3. The Kier molecular flexibility index (Phi) is 3.14. The number of hydrazone groups is 1. The predicted octanol–water partition coefficient (Wildman–Crippen LogP) is 1.47. The molecule has 1 saturated heterocycles. The van der Waals surface area contributed by atoms with E-state index in [0.29, 0.717) is 17.8 Å². The van der Waals surface area contributed by atoms with Crippen LogP contribution >= 0.6 is 0 Å². The SMILES string of the molecule is C[C@H](C1=NC(=O)[C@@H]2C=NN(C3CCOCC3)C2=N1)C1CC1. The van der Waals surface area contributed by atoms with E-state index in [1.165, 1.54) is 12.8 Å². The topological polar surface area (TPSA) is 66.6 Å². The zero-order valence-corrected chi connectivity index (χ0v) is 12.2. The molecule has 0 spiro atoms. The lowest BCUT2D eigenvalue weighted by molar-refractivity contribution is -0.118. The molecule has 6 heteroatoms. The van der Waals surface area contributed by atoms with Gasteiger partial charge < -0.3 is 4.74 Å². The maximum Gasteiger partial charge on any atom is 0.263 e. The smallest absolute Gasteiger partial charge is 0.263 e. The Bertz CT molecular complexity index is 544. The molecular formula is C15H20N4O2. The molecule has 3 heterocycles. The number of hydrogen-bond acceptors (Lipinski definition) is 5. The van der Waals surface area contributed by atoms with Gasteiger partial charge in [-0.05, 0) is 31.6 Å². The molecule has 2 atom stereocenters. The molecule has 0 N–H and O–H groups in total. The summed E-state index contributed by atoms with van der Waals surface area (Å²) in [5.74, 6) is 1.93. The van der Waals surface area contributed by atoms with E-state index in [0.717, 1.165) is 31.9 Å². The summed E-state index contributed by atoms with van der Waals surface area (Å²) in [4.78, 5) is 21.2. The van der Waals surface area contributed by atoms with E-state index >= 15 is 0 Å². The minimum atomic E-state index is -0.372. The molecule has 0 radical (unpaired) electrons. The number of amides is 1. The summed E-state index contributed by atoms with van der Waals surface area (Å²) in [6.07, 6.45) is 6.01. The van der Waals surface area contributed by atoms with Crippen LogP contribution < -0.4 is 0 Å². The van der Waals surface area contributed by atoms with Crippen LogP contribution in [0.4, 0.5) is 0 Å². The Morgan fingerprint density at radius 1 is 1.24 bits per heavy atom. The van der Waals surface area contributed by atoms with Crippen LogP contribution in [0.15, 0.2) is 15.1 Å². The van der Waals surface area contributed by atoms with E-state index in [1.54, 1.807) is 6.21 Å². The van der Waals surface area contributed by atoms with Crippen LogP contribution in [0.2, 0.25) is 0 Å². The van der Waals surface area contributed by atoms with E-state index in [2.05, 4.69) is 17.0 Å². The highest BCUT2D eigenvalue weighted by Gasteiger charge is 2.41. The first-order chi connectivity index (χ1) is 10.2. The van der Waals surface area contributed by atoms with Crippen molar-refractivity contribution in [3.63, 3.8) is 0 Å². The van der Waals surface area contributed by atoms with Crippen molar-refractivity contribution in [2.75, 3.05) is 13.2 Å². The van der Waals surface area contributed by atoms with Crippen molar-refractivity contribution in [1.29, 1.82) is 0 Å². The quantitative estimate of drug-likeness (QED) is 0.789. The van der Waals surface area contributed by atoms with Gasteiger partial charge in [0.15, 0.2) is 0 Å². The molecule has 21 heavy (non-hydrogen) atoms. The number of hydrogen-bond donors (Lipinski definition) is 0. The fourth-order valence-corrected chi connectivity index (χ4v) is 3.25. The number of amidine groups is 2. The van der Waals surface area contributed by atoms with Gasteiger partial charge in [0.25, 0.3) is 5.91 Å². The van der Waals surface area contributed by atoms with Crippen molar-refractivity contribution in [2.45, 2.75) is 38.6 Å². The molecule has 112 valence electrons. The number of carbonyl (C=O) groups is 1. The normalized spacial score (nSPS) is 31.0. The lowest BCUT2D eigenvalue weighted by Crippen LogP contribution is -2.43. The first-order valence-electron chi connectivity index (χ1n) is 7.86. The van der Waals surface area contributed by atoms with Gasteiger partial charge in [0.05, 0.1) is 6.04 Å². The number of carbonyl (C=O) groups excluding carboxylic acids is 1. The van der Waals surface area contributed by atoms with Crippen molar-refractivity contribution in [3.05, 3.63) is 0 Å². The molecule has 1 aliphatic carbocycles. The number of nitrogens with zero attached hydrogens (tertiary/aromatic N) is 4. The van der Waals surface area contributed by atoms with Crippen molar-refractivity contribution in [1.82, 2.24) is 5.01 Å². The average Bonchev–Trinajstić information content (AvgIpc) is 3.27. The van der Waals surface area contributed by atoms with Gasteiger partial charge in [0.2, 0.25) is 0 Å². The third kappa shape index (κ3) is 2.31. The lowest BCUT2D eigenvalue weighted by Gasteiger charge is -2.31. The van der Waals surface area contributed by atoms with Gasteiger partial charge in [0.1, 0.15) is 17.6 Å². The second-order valence-electron chi connectivity index (χ2n) is 6.33. The van der Waals surface area contributed by atoms with Crippen molar-refractivity contribution < 1.29 is 9.53 Å². The minimum Gasteiger partial charge on any atom is -0.381 e. The Balaban J connectivity index is 1.60. The summed E-state index contributed by atoms with van der Waals surface area (Å²) >= 11 is 0. The minimum absolute atomic E-state index is 0.110. The fourth-order valence-electron chi connectivity index (χ4n) is 3.25. The first-order valence-corrected chi connectivity index (χ1v) is 7.86. The number of aliphatic imine (C=N–C) groups is 2. The van der Waals surface area contributed by atoms with Gasteiger partial charge in [-0.3, -0.25) is 4.79 Å². The van der Waals surface area contributed by atoms with Gasteiger partial charge in [-0.25, -0.2) is 10.0 Å². The number of rotatable bonds is 3. The van der Waals surface area contributed by atoms with Crippen LogP contribution in [0, 0.1) is 17.8 Å². The number of ether oxygens (including phenoxy) is 1. The molecule has 4 aliphatic rings. The van der Waals surface area contributed by atoms with Crippen molar-refractivity contribution in [2.24, 2.45) is 32.8 Å². The summed E-state index contributed by atoms with van der Waals surface area (Å²) in [5, 5.41) is 6.38. The molecule has 3 aliphatic heterocycles. The van der Waals surface area contributed by atoms with E-state index < -0.39 is 0 Å². The van der Waals surface area contributed by atoms with Crippen molar-refractivity contribution in [3.8, 4) is 0 Å². The molecule has 0 aromatic carbocycles. The van der Waals surface area contributed by atoms with Gasteiger partial charge in [-0.2, -0.15) is 10.1 Å². The van der Waals surface area contributed by atoms with Crippen LogP contribution in [0.1, 0.15) is 32.6 Å². The van der Waals surface area contributed by atoms with Gasteiger partial charge in [0, 0.05) is 25.3 Å². The average molecular weight is 288 g/mol. The van der Waals surface area contributed by atoms with Crippen LogP contribution in [-0.4, -0.2) is 48.1 Å². The second-order valence-corrected chi connectivity index (χ2v) is 6.33. The summed E-state index contributed by atoms with van der Waals surface area (Å²) in [6.45, 7) is 3.63. The largest absolute Gasteiger partial charge is 0.381 e. The van der Waals surface area contributed by atoms with Gasteiger partial charge in [-0.1, -0.05) is 6.92 Å². The molecule has 4 rings (SSSR count). The molecule has 6 nitrogen and oxygen atoms in total. The van der Waals surface area contributed by atoms with E-state index in [4.69, 9.17) is 9.73 Å². The standard InChI is InChI=1S/C15H20N4O2/c1-9(10-2-3-10)13-17-14-12(15(20)18-13)8-16-19(14)11-4-6-21-7-5-11/h8-12H,2-7H2,1H3/t9-,12+/m0/s1. The lowest BCUT2D eigenvalue weighted by atomic mass is 10.0. The Labute approximate surface area is 124 Å². The van der Waals surface area contributed by atoms with E-state index in [9.17, 15) is 4.79 Å². The van der Waals surface area contributed by atoms with Gasteiger partial charge >= 0.3 is 0 Å². The zero-order valence-electron chi connectivity index (χ0n) is 12.2. The second kappa shape index (κ2) is 5.02. The van der Waals surface area contributed by atoms with Crippen LogP contribution in [0.5, 0.6) is 0 Å². The van der Waals surface area contributed by atoms with Crippen LogP contribution in [-0.2, 0) is 9.53 Å². The highest BCUT2D eigenvalue weighted by atomic mass is 16.5. The third-order valence-electron chi connectivity index (χ3n) is 4.85. The molecule has 0 aromatic rings. The monoisotopic (exact) mass is 288 g/mol. The Morgan fingerprint density at radius 3 is 2.71 bits per heavy atom. The maximum atomic E-state index is 12.3. The highest BCUT2D eigenvalue weighted by molar-refractivity contribution is 6.24. The fraction of sp³-hybridized carbons (Fsp3) is 0.733. The summed E-state index contributed by atoms with van der Waals surface area (Å²) in [7, 11) is 0. The predicted molar refractivity (Wildman–Crippen MR) is 79.4 cm³/mol. The van der Waals surface area contributed by atoms with Crippen LogP contribution in [0.3, 0.4) is 0 Å². The Morgan fingerprint density at radius 2 is 2.00 bits per heavy atom. The highest BCUT2D eigenvalue weighted by Crippen LogP contribution is 2.38. The summed E-state index contributed by atoms with van der Waals surface area (Å²) < 4.78 is 5.41. The third-order valence-corrected chi connectivity index (χ3v) is 4.85. The van der Waals surface area contributed by atoms with Gasteiger partial charge in [-0.15, -0.1) is 0 Å². The Hall–Kier alpha value is -1.56. The summed E-state index contributed by atoms with van der Waals surface area (Å²) in [6, 6.07) is 0.294. The molecular weight excluding hydrogens is 268 g/mol.